The molecule has 0 radical (unpaired) electrons. The van der Waals surface area contributed by atoms with Gasteiger partial charge in [0.15, 0.2) is 0 Å². The van der Waals surface area contributed by atoms with Crippen molar-refractivity contribution < 1.29 is 39.3 Å². The van der Waals surface area contributed by atoms with Crippen molar-refractivity contribution in [2.45, 2.75) is 58.7 Å². The molecule has 0 spiro atoms. The number of alkyl halides is 3. The van der Waals surface area contributed by atoms with Crippen LogP contribution in [-0.4, -0.2) is 19.6 Å². The minimum Gasteiger partial charge on any atom is -0.507 e. The van der Waals surface area contributed by atoms with Gasteiger partial charge in [0, 0.05) is 38.3 Å². The number of rotatable bonds is 5. The van der Waals surface area contributed by atoms with Crippen LogP contribution in [0.5, 0.6) is 5.75 Å². The number of para-hydroxylation sites is 1. The smallest absolute Gasteiger partial charge is 0.415 e. The molecule has 7 aromatic rings. The molecule has 0 saturated heterocycles. The van der Waals surface area contributed by atoms with Crippen LogP contribution in [0.15, 0.2) is 109 Å². The second kappa shape index (κ2) is 13.1. The average Bonchev–Trinajstić information content (AvgIpc) is 3.48. The summed E-state index contributed by atoms with van der Waals surface area (Å²) in [5.41, 5.74) is 6.22. The third-order valence-electron chi connectivity index (χ3n) is 9.59. The molecule has 8 heteroatoms. The first-order chi connectivity index (χ1) is 23.6. The molecule has 2 heterocycles. The van der Waals surface area contributed by atoms with Crippen molar-refractivity contribution in [3.05, 3.63) is 138 Å². The molecule has 0 amide bonds. The third kappa shape index (κ3) is 6.49. The number of phenols is 1. The van der Waals surface area contributed by atoms with E-state index in [-0.39, 0.29) is 32.2 Å². The summed E-state index contributed by atoms with van der Waals surface area (Å²) in [5.74, 6) is 0.720. The van der Waals surface area contributed by atoms with E-state index in [9.17, 15) is 18.3 Å². The minimum absolute atomic E-state index is 0. The van der Waals surface area contributed by atoms with E-state index in [1.165, 1.54) is 6.07 Å². The summed E-state index contributed by atoms with van der Waals surface area (Å²) in [5, 5.41) is 11.8. The van der Waals surface area contributed by atoms with E-state index in [1.54, 1.807) is 31.3 Å². The second-order valence-electron chi connectivity index (χ2n) is 14.4. The van der Waals surface area contributed by atoms with Gasteiger partial charge >= 0.3 is 6.18 Å². The summed E-state index contributed by atoms with van der Waals surface area (Å²) in [7, 11) is 0. The van der Waals surface area contributed by atoms with Crippen molar-refractivity contribution in [1.29, 1.82) is 0 Å². The van der Waals surface area contributed by atoms with E-state index in [0.29, 0.717) is 50.1 Å². The fourth-order valence-corrected chi connectivity index (χ4v) is 6.76. The standard InChI is InChI=1S/C43H37F3N3O.Pt/c1-26-20-21-47-38-33(26)24-31(43(44,45)46)25-34(38)28-13-10-12-27(22-28)32-16-11-17-36-39(32)48-40(35-23-30(41(2,3)4)18-19-37(35)50)49(36)42(5,6)29-14-8-7-9-15-29;/h7-21,23-25,50H,1-6H3;/q-1;. The van der Waals surface area contributed by atoms with Gasteiger partial charge in [-0.3, -0.25) is 4.98 Å². The van der Waals surface area contributed by atoms with Gasteiger partial charge in [0.1, 0.15) is 11.6 Å². The number of aromatic nitrogens is 3. The predicted octanol–water partition coefficient (Wildman–Crippen LogP) is 11.5. The van der Waals surface area contributed by atoms with Gasteiger partial charge in [0.25, 0.3) is 0 Å². The number of imidazole rings is 1. The van der Waals surface area contributed by atoms with E-state index >= 15 is 0 Å². The Morgan fingerprint density at radius 3 is 2.02 bits per heavy atom. The van der Waals surface area contributed by atoms with Crippen molar-refractivity contribution in [3.63, 3.8) is 0 Å². The molecular weight excluding hydrogens is 827 g/mol. The maximum absolute atomic E-state index is 14.1. The molecule has 0 saturated carbocycles. The number of halogens is 3. The average molecular weight is 864 g/mol. The van der Waals surface area contributed by atoms with Crippen LogP contribution in [0.2, 0.25) is 0 Å². The van der Waals surface area contributed by atoms with Crippen LogP contribution in [0.4, 0.5) is 13.2 Å². The number of phenolic OH excluding ortho intramolecular Hbond substituents is 1. The number of fused-ring (bicyclic) bond motifs is 2. The fraction of sp³-hybridized carbons (Fsp3) is 0.209. The van der Waals surface area contributed by atoms with Gasteiger partial charge in [-0.25, -0.2) is 4.98 Å². The minimum atomic E-state index is -4.53. The zero-order valence-electron chi connectivity index (χ0n) is 29.1. The van der Waals surface area contributed by atoms with Gasteiger partial charge in [-0.15, -0.1) is 35.4 Å². The number of pyridine rings is 1. The van der Waals surface area contributed by atoms with Crippen molar-refractivity contribution in [3.8, 4) is 39.4 Å². The molecule has 262 valence electrons. The Morgan fingerprint density at radius 1 is 0.667 bits per heavy atom. The molecule has 7 rings (SSSR count). The Morgan fingerprint density at radius 2 is 1.33 bits per heavy atom. The summed E-state index contributed by atoms with van der Waals surface area (Å²) in [6, 6.07) is 34.7. The molecule has 0 unspecified atom stereocenters. The molecule has 0 atom stereocenters. The van der Waals surface area contributed by atoms with E-state index in [0.717, 1.165) is 28.3 Å². The largest absolute Gasteiger partial charge is 0.507 e. The maximum Gasteiger partial charge on any atom is 0.415 e. The van der Waals surface area contributed by atoms with Crippen LogP contribution < -0.4 is 0 Å². The summed E-state index contributed by atoms with van der Waals surface area (Å²) in [4.78, 5) is 9.77. The molecular formula is C43H37F3N3OPt-. The molecule has 0 aliphatic rings. The molecule has 0 bridgehead atoms. The zero-order chi connectivity index (χ0) is 35.6. The van der Waals surface area contributed by atoms with Crippen molar-refractivity contribution in [2.24, 2.45) is 0 Å². The normalized spacial score (nSPS) is 12.3. The molecule has 2 aromatic heterocycles. The van der Waals surface area contributed by atoms with Crippen molar-refractivity contribution in [1.82, 2.24) is 14.5 Å². The van der Waals surface area contributed by atoms with Gasteiger partial charge in [0.05, 0.1) is 22.1 Å². The summed E-state index contributed by atoms with van der Waals surface area (Å²) >= 11 is 0. The van der Waals surface area contributed by atoms with Gasteiger partial charge in [-0.05, 0) is 78.6 Å². The van der Waals surface area contributed by atoms with Crippen molar-refractivity contribution in [2.75, 3.05) is 0 Å². The SMILES string of the molecule is Cc1ccnc2c(-c3[c-]c(-c4cccc5c4nc(-c4cc(C(C)(C)C)ccc4O)n5C(C)(C)c4ccccc4)ccc3)cc(C(F)(F)F)cc12.[Pt]. The van der Waals surface area contributed by atoms with Crippen LogP contribution in [0.3, 0.4) is 0 Å². The molecule has 1 N–H and O–H groups in total. The maximum atomic E-state index is 14.1. The van der Waals surface area contributed by atoms with Crippen LogP contribution >= 0.6 is 0 Å². The van der Waals surface area contributed by atoms with Gasteiger partial charge in [0.2, 0.25) is 0 Å². The van der Waals surface area contributed by atoms with E-state index in [1.807, 2.05) is 60.7 Å². The van der Waals surface area contributed by atoms with Crippen LogP contribution in [-0.2, 0) is 38.2 Å². The summed E-state index contributed by atoms with van der Waals surface area (Å²) in [6.07, 6.45) is -2.91. The van der Waals surface area contributed by atoms with Gasteiger partial charge in [-0.2, -0.15) is 13.2 Å². The van der Waals surface area contributed by atoms with Gasteiger partial charge < -0.3 is 9.67 Å². The predicted molar refractivity (Wildman–Crippen MR) is 195 cm³/mol. The Hall–Kier alpha value is -4.74. The Bertz CT molecular complexity index is 2410. The number of aryl methyl sites for hydroxylation is 1. The molecule has 5 aromatic carbocycles. The number of hydrogen-bond donors (Lipinski definition) is 1. The Labute approximate surface area is 310 Å². The number of hydrogen-bond acceptors (Lipinski definition) is 3. The number of aromatic hydroxyl groups is 1. The quantitative estimate of drug-likeness (QED) is 0.175. The molecule has 0 fully saturated rings. The first-order valence-corrected chi connectivity index (χ1v) is 16.6. The first-order valence-electron chi connectivity index (χ1n) is 16.6. The summed E-state index contributed by atoms with van der Waals surface area (Å²) < 4.78 is 44.5. The van der Waals surface area contributed by atoms with Crippen LogP contribution in [0.1, 0.15) is 56.9 Å². The topological polar surface area (TPSA) is 50.9 Å². The van der Waals surface area contributed by atoms with E-state index < -0.39 is 17.3 Å². The second-order valence-corrected chi connectivity index (χ2v) is 14.4. The van der Waals surface area contributed by atoms with Gasteiger partial charge in [-0.1, -0.05) is 86.5 Å². The first kappa shape index (κ1) is 36.1. The third-order valence-corrected chi connectivity index (χ3v) is 9.59. The van der Waals surface area contributed by atoms with E-state index in [2.05, 4.69) is 62.4 Å². The number of nitrogens with zero attached hydrogens (tertiary/aromatic N) is 3. The fourth-order valence-electron chi connectivity index (χ4n) is 6.76. The molecule has 51 heavy (non-hydrogen) atoms. The Balaban J connectivity index is 0.00000448. The van der Waals surface area contributed by atoms with Crippen LogP contribution in [0.25, 0.3) is 55.6 Å². The molecule has 4 nitrogen and oxygen atoms in total. The number of benzene rings is 5. The van der Waals surface area contributed by atoms with Crippen LogP contribution in [0, 0.1) is 13.0 Å². The molecule has 0 aliphatic heterocycles. The van der Waals surface area contributed by atoms with Crippen molar-refractivity contribution >= 4 is 21.9 Å². The Kier molecular flexibility index (Phi) is 9.26. The zero-order valence-corrected chi connectivity index (χ0v) is 31.4. The summed E-state index contributed by atoms with van der Waals surface area (Å²) in [6.45, 7) is 12.4. The van der Waals surface area contributed by atoms with E-state index in [4.69, 9.17) is 4.98 Å². The monoisotopic (exact) mass is 863 g/mol. The molecule has 0 aliphatic carbocycles.